The topological polar surface area (TPSA) is 112 Å². The molecule has 1 aliphatic rings. The van der Waals surface area contributed by atoms with E-state index in [9.17, 15) is 19.2 Å². The Labute approximate surface area is 221 Å². The Bertz CT molecular complexity index is 1620. The number of hydrogen-bond donors (Lipinski definition) is 1. The number of hydrogen-bond acceptors (Lipinski definition) is 7. The zero-order valence-electron chi connectivity index (χ0n) is 20.9. The number of nitrogens with zero attached hydrogens (tertiary/aromatic N) is 3. The second kappa shape index (κ2) is 10.5. The van der Waals surface area contributed by atoms with Crippen molar-refractivity contribution in [1.82, 2.24) is 14.0 Å². The molecule has 10 nitrogen and oxygen atoms in total. The second-order valence-electron chi connectivity index (χ2n) is 8.68. The lowest BCUT2D eigenvalue weighted by molar-refractivity contribution is -0.116. The van der Waals surface area contributed by atoms with Gasteiger partial charge >= 0.3 is 11.8 Å². The summed E-state index contributed by atoms with van der Waals surface area (Å²) < 4.78 is 12.7. The van der Waals surface area contributed by atoms with Gasteiger partial charge in [0, 0.05) is 17.1 Å². The average molecular weight is 535 g/mol. The summed E-state index contributed by atoms with van der Waals surface area (Å²) in [4.78, 5) is 55.6. The fourth-order valence-electron chi connectivity index (χ4n) is 4.54. The van der Waals surface area contributed by atoms with Crippen molar-refractivity contribution in [3.8, 4) is 11.4 Å². The summed E-state index contributed by atoms with van der Waals surface area (Å²) in [5, 5.41) is 3.20. The number of para-hydroxylation sites is 1. The molecule has 2 aromatic carbocycles. The van der Waals surface area contributed by atoms with E-state index in [0.29, 0.717) is 40.3 Å². The van der Waals surface area contributed by atoms with Crippen LogP contribution in [-0.2, 0) is 29.0 Å². The van der Waals surface area contributed by atoms with Gasteiger partial charge in [-0.3, -0.25) is 14.2 Å². The van der Waals surface area contributed by atoms with Gasteiger partial charge in [0.1, 0.15) is 17.1 Å². The van der Waals surface area contributed by atoms with Gasteiger partial charge in [-0.1, -0.05) is 18.2 Å². The highest BCUT2D eigenvalue weighted by molar-refractivity contribution is 7.18. The molecule has 0 fully saturated rings. The van der Waals surface area contributed by atoms with Gasteiger partial charge in [0.2, 0.25) is 5.91 Å². The quantitative estimate of drug-likeness (QED) is 0.406. The molecular weight excluding hydrogens is 508 g/mol. The third-order valence-electron chi connectivity index (χ3n) is 6.34. The molecule has 0 radical (unpaired) electrons. The van der Waals surface area contributed by atoms with Crippen molar-refractivity contribution in [2.45, 2.75) is 26.4 Å². The molecule has 0 bridgehead atoms. The first-order chi connectivity index (χ1) is 18.4. The molecule has 0 atom stereocenters. The van der Waals surface area contributed by atoms with E-state index in [0.717, 1.165) is 15.0 Å². The maximum absolute atomic E-state index is 13.7. The molecule has 0 unspecified atom stereocenters. The van der Waals surface area contributed by atoms with E-state index in [1.807, 2.05) is 0 Å². The predicted octanol–water partition coefficient (Wildman–Crippen LogP) is 3.38. The molecule has 0 aliphatic carbocycles. The van der Waals surface area contributed by atoms with Gasteiger partial charge in [-0.2, -0.15) is 0 Å². The molecule has 0 saturated heterocycles. The van der Waals surface area contributed by atoms with E-state index in [1.54, 1.807) is 73.5 Å². The van der Waals surface area contributed by atoms with Crippen molar-refractivity contribution in [3.05, 3.63) is 85.9 Å². The summed E-state index contributed by atoms with van der Waals surface area (Å²) >= 11 is 1.25. The molecule has 4 aromatic rings. The van der Waals surface area contributed by atoms with Crippen molar-refractivity contribution in [2.24, 2.45) is 0 Å². The van der Waals surface area contributed by atoms with Gasteiger partial charge in [-0.25, -0.2) is 14.2 Å². The third-order valence-corrected chi connectivity index (χ3v) is 7.58. The van der Waals surface area contributed by atoms with Crippen molar-refractivity contribution >= 4 is 39.2 Å². The standard InChI is InChI=1S/C27H26N4O6S/c1-3-37-27(35)29-14-13-20-21(15-29)38-25-23(20)24(33)31(18-7-5-4-6-8-18)26(34)30(25)16-22(32)28-17-9-11-19(36-2)12-10-17/h4-12H,3,13-16H2,1-2H3,(H,28,32). The number of rotatable bonds is 6. The van der Waals surface area contributed by atoms with Gasteiger partial charge in [0.15, 0.2) is 0 Å². The second-order valence-corrected chi connectivity index (χ2v) is 9.76. The van der Waals surface area contributed by atoms with E-state index < -0.39 is 23.2 Å². The molecule has 0 saturated carbocycles. The fourth-order valence-corrected chi connectivity index (χ4v) is 5.89. The Hall–Kier alpha value is -4.38. The number of amides is 2. The van der Waals surface area contributed by atoms with Crippen LogP contribution in [0.5, 0.6) is 5.75 Å². The summed E-state index contributed by atoms with van der Waals surface area (Å²) in [7, 11) is 1.56. The van der Waals surface area contributed by atoms with Crippen molar-refractivity contribution in [2.75, 3.05) is 25.6 Å². The number of carbonyl (C=O) groups excluding carboxylic acids is 2. The molecule has 5 rings (SSSR count). The number of thiophene rings is 1. The summed E-state index contributed by atoms with van der Waals surface area (Å²) in [6, 6.07) is 15.5. The van der Waals surface area contributed by atoms with Crippen molar-refractivity contribution in [3.63, 3.8) is 0 Å². The first kappa shape index (κ1) is 25.3. The Morgan fingerprint density at radius 3 is 2.47 bits per heavy atom. The van der Waals surface area contributed by atoms with Gasteiger partial charge in [-0.05, 0) is 55.3 Å². The summed E-state index contributed by atoms with van der Waals surface area (Å²) in [6.07, 6.45) is 0.0163. The zero-order valence-corrected chi connectivity index (χ0v) is 21.7. The maximum Gasteiger partial charge on any atom is 0.410 e. The lowest BCUT2D eigenvalue weighted by Gasteiger charge is -2.25. The Morgan fingerprint density at radius 2 is 1.79 bits per heavy atom. The van der Waals surface area contributed by atoms with Crippen LogP contribution in [0.25, 0.3) is 15.9 Å². The molecule has 11 heteroatoms. The van der Waals surface area contributed by atoms with E-state index >= 15 is 0 Å². The Morgan fingerprint density at radius 1 is 1.05 bits per heavy atom. The van der Waals surface area contributed by atoms with Crippen LogP contribution in [0.4, 0.5) is 10.5 Å². The van der Waals surface area contributed by atoms with Crippen LogP contribution in [0, 0.1) is 0 Å². The van der Waals surface area contributed by atoms with E-state index in [1.165, 1.54) is 15.9 Å². The van der Waals surface area contributed by atoms with Crippen molar-refractivity contribution in [1.29, 1.82) is 0 Å². The minimum Gasteiger partial charge on any atom is -0.497 e. The molecular formula is C27H26N4O6S. The van der Waals surface area contributed by atoms with Crippen LogP contribution in [0.3, 0.4) is 0 Å². The lowest BCUT2D eigenvalue weighted by Crippen LogP contribution is -2.41. The Kier molecular flexibility index (Phi) is 7.01. The predicted molar refractivity (Wildman–Crippen MR) is 144 cm³/mol. The SMILES string of the molecule is CCOC(=O)N1CCc2c(sc3c2c(=O)n(-c2ccccc2)c(=O)n3CC(=O)Nc2ccc(OC)cc2)C1. The van der Waals surface area contributed by atoms with E-state index in [-0.39, 0.29) is 19.7 Å². The molecule has 38 heavy (non-hydrogen) atoms. The molecule has 1 N–H and O–H groups in total. The molecule has 196 valence electrons. The van der Waals surface area contributed by atoms with Crippen LogP contribution in [0.1, 0.15) is 17.4 Å². The van der Waals surface area contributed by atoms with Gasteiger partial charge < -0.3 is 19.7 Å². The number of methoxy groups -OCH3 is 1. The number of ether oxygens (including phenoxy) is 2. The largest absolute Gasteiger partial charge is 0.497 e. The minimum atomic E-state index is -0.612. The molecule has 2 amide bonds. The van der Waals surface area contributed by atoms with E-state index in [2.05, 4.69) is 5.32 Å². The first-order valence-electron chi connectivity index (χ1n) is 12.1. The van der Waals surface area contributed by atoms with Gasteiger partial charge in [-0.15, -0.1) is 11.3 Å². The normalized spacial score (nSPS) is 12.7. The highest BCUT2D eigenvalue weighted by atomic mass is 32.1. The zero-order chi connectivity index (χ0) is 26.8. The van der Waals surface area contributed by atoms with Crippen LogP contribution < -0.4 is 21.3 Å². The smallest absolute Gasteiger partial charge is 0.410 e. The summed E-state index contributed by atoms with van der Waals surface area (Å²) in [6.45, 7) is 2.37. The lowest BCUT2D eigenvalue weighted by atomic mass is 10.1. The van der Waals surface area contributed by atoms with Crippen LogP contribution in [0.15, 0.2) is 64.2 Å². The number of nitrogens with one attached hydrogen (secondary N) is 1. The number of carbonyl (C=O) groups is 2. The number of aromatic nitrogens is 2. The number of anilines is 1. The molecule has 3 heterocycles. The van der Waals surface area contributed by atoms with Gasteiger partial charge in [0.05, 0.1) is 31.3 Å². The fraction of sp³-hybridized carbons (Fsp3) is 0.259. The molecule has 1 aliphatic heterocycles. The van der Waals surface area contributed by atoms with Gasteiger partial charge in [0.25, 0.3) is 5.56 Å². The number of benzene rings is 2. The van der Waals surface area contributed by atoms with Crippen LogP contribution in [0.2, 0.25) is 0 Å². The Balaban J connectivity index is 1.60. The van der Waals surface area contributed by atoms with Crippen LogP contribution >= 0.6 is 11.3 Å². The van der Waals surface area contributed by atoms with E-state index in [4.69, 9.17) is 9.47 Å². The highest BCUT2D eigenvalue weighted by Crippen LogP contribution is 2.33. The average Bonchev–Trinajstić information content (AvgIpc) is 3.31. The number of fused-ring (bicyclic) bond motifs is 3. The highest BCUT2D eigenvalue weighted by Gasteiger charge is 2.29. The first-order valence-corrected chi connectivity index (χ1v) is 12.9. The third kappa shape index (κ3) is 4.68. The monoisotopic (exact) mass is 534 g/mol. The van der Waals surface area contributed by atoms with Crippen molar-refractivity contribution < 1.29 is 19.1 Å². The summed E-state index contributed by atoms with van der Waals surface area (Å²) in [5.74, 6) is 0.230. The minimum absolute atomic E-state index is 0.263. The summed E-state index contributed by atoms with van der Waals surface area (Å²) in [5.41, 5.74) is 0.707. The molecule has 2 aromatic heterocycles. The van der Waals surface area contributed by atoms with Crippen LogP contribution in [-0.4, -0.2) is 46.3 Å². The molecule has 0 spiro atoms. The maximum atomic E-state index is 13.7.